The van der Waals surface area contributed by atoms with Crippen molar-refractivity contribution in [3.05, 3.63) is 57.5 Å². The maximum atomic E-state index is 13.0. The maximum Gasteiger partial charge on any atom is 0.178 e. The van der Waals surface area contributed by atoms with Crippen LogP contribution in [0, 0.1) is 13.8 Å². The Kier molecular flexibility index (Phi) is 6.79. The van der Waals surface area contributed by atoms with Gasteiger partial charge in [-0.1, -0.05) is 23.2 Å². The van der Waals surface area contributed by atoms with E-state index in [1.807, 2.05) is 32.0 Å². The van der Waals surface area contributed by atoms with Crippen LogP contribution in [0.1, 0.15) is 35.1 Å². The highest BCUT2D eigenvalue weighted by atomic mass is 35.5. The number of aryl methyl sites for hydroxylation is 2. The number of aromatic amines is 1. The van der Waals surface area contributed by atoms with Crippen LogP contribution in [0.25, 0.3) is 11.5 Å². The highest BCUT2D eigenvalue weighted by Gasteiger charge is 2.25. The van der Waals surface area contributed by atoms with Gasteiger partial charge in [0, 0.05) is 65.8 Å². The minimum atomic E-state index is 0.0354. The number of aromatic nitrogens is 4. The van der Waals surface area contributed by atoms with Crippen LogP contribution in [-0.2, 0) is 0 Å². The Balaban J connectivity index is 1.38. The lowest BCUT2D eigenvalue weighted by Gasteiger charge is -2.41. The van der Waals surface area contributed by atoms with Crippen LogP contribution in [0.2, 0.25) is 10.0 Å². The van der Waals surface area contributed by atoms with Gasteiger partial charge in [-0.05, 0) is 45.0 Å². The van der Waals surface area contributed by atoms with Crippen LogP contribution in [0.5, 0.6) is 0 Å². The number of rotatable bonds is 6. The quantitative estimate of drug-likeness (QED) is 0.529. The first-order valence-electron chi connectivity index (χ1n) is 10.6. The number of H-pyrrole nitrogens is 1. The van der Waals surface area contributed by atoms with Crippen molar-refractivity contribution in [2.24, 2.45) is 0 Å². The fourth-order valence-corrected chi connectivity index (χ4v) is 4.74. The van der Waals surface area contributed by atoms with Gasteiger partial charge < -0.3 is 4.90 Å². The number of nitrogens with zero attached hydrogens (tertiary/aromatic N) is 5. The molecule has 0 aliphatic carbocycles. The van der Waals surface area contributed by atoms with E-state index in [9.17, 15) is 4.79 Å². The predicted octanol–water partition coefficient (Wildman–Crippen LogP) is 4.57. The summed E-state index contributed by atoms with van der Waals surface area (Å²) in [6.45, 7) is 9.25. The molecule has 1 aromatic carbocycles. The van der Waals surface area contributed by atoms with Crippen molar-refractivity contribution < 1.29 is 4.79 Å². The van der Waals surface area contributed by atoms with Gasteiger partial charge >= 0.3 is 0 Å². The van der Waals surface area contributed by atoms with Crippen molar-refractivity contribution in [2.45, 2.75) is 33.2 Å². The standard InChI is InChI=1S/C23H26Cl2N6O/c1-14-8-15(2)28-23(27-14)22-20(12-26-29-22)21(32)4-5-30-6-7-31(16(3)13-30)19-10-17(24)9-18(25)11-19/h8-12,16H,4-7,13H2,1-3H3,(H,26,29). The predicted molar refractivity (Wildman–Crippen MR) is 128 cm³/mol. The largest absolute Gasteiger partial charge is 0.366 e. The number of anilines is 1. The van der Waals surface area contributed by atoms with Crippen molar-refractivity contribution in [2.75, 3.05) is 31.1 Å². The number of Topliss-reactive ketones (excluding diaryl/α,β-unsaturated/α-hetero) is 1. The molecule has 0 saturated carbocycles. The molecule has 1 aliphatic rings. The molecular weight excluding hydrogens is 447 g/mol. The summed E-state index contributed by atoms with van der Waals surface area (Å²) in [6, 6.07) is 7.81. The van der Waals surface area contributed by atoms with E-state index in [-0.39, 0.29) is 11.8 Å². The highest BCUT2D eigenvalue weighted by Crippen LogP contribution is 2.28. The number of benzene rings is 1. The summed E-state index contributed by atoms with van der Waals surface area (Å²) in [7, 11) is 0. The lowest BCUT2D eigenvalue weighted by Crippen LogP contribution is -2.52. The van der Waals surface area contributed by atoms with Gasteiger partial charge in [-0.3, -0.25) is 14.8 Å². The zero-order valence-corrected chi connectivity index (χ0v) is 19.9. The summed E-state index contributed by atoms with van der Waals surface area (Å²) in [6.07, 6.45) is 1.98. The van der Waals surface area contributed by atoms with Crippen LogP contribution < -0.4 is 4.90 Å². The summed E-state index contributed by atoms with van der Waals surface area (Å²) in [5, 5.41) is 8.24. The molecule has 168 valence electrons. The lowest BCUT2D eigenvalue weighted by atomic mass is 10.1. The molecule has 0 radical (unpaired) electrons. The van der Waals surface area contributed by atoms with Crippen molar-refractivity contribution in [3.8, 4) is 11.5 Å². The minimum Gasteiger partial charge on any atom is -0.366 e. The number of carbonyl (C=O) groups excluding carboxylic acids is 1. The Morgan fingerprint density at radius 3 is 2.44 bits per heavy atom. The molecule has 0 bridgehead atoms. The molecule has 1 atom stereocenters. The Labute approximate surface area is 197 Å². The Morgan fingerprint density at radius 1 is 1.09 bits per heavy atom. The number of halogens is 2. The van der Waals surface area contributed by atoms with E-state index in [1.165, 1.54) is 0 Å². The summed E-state index contributed by atoms with van der Waals surface area (Å²) in [4.78, 5) is 26.5. The molecule has 1 aliphatic heterocycles. The van der Waals surface area contributed by atoms with Gasteiger partial charge in [0.2, 0.25) is 0 Å². The highest BCUT2D eigenvalue weighted by molar-refractivity contribution is 6.35. The van der Waals surface area contributed by atoms with E-state index in [2.05, 4.69) is 36.9 Å². The van der Waals surface area contributed by atoms with Gasteiger partial charge in [-0.15, -0.1) is 0 Å². The van der Waals surface area contributed by atoms with Gasteiger partial charge in [-0.2, -0.15) is 5.10 Å². The Morgan fingerprint density at radius 2 is 1.78 bits per heavy atom. The SMILES string of the molecule is Cc1cc(C)nc(-c2[nH]ncc2C(=O)CCN2CCN(c3cc(Cl)cc(Cl)c3)C(C)C2)n1. The molecule has 3 heterocycles. The molecule has 1 unspecified atom stereocenters. The van der Waals surface area contributed by atoms with E-state index in [1.54, 1.807) is 12.3 Å². The zero-order valence-electron chi connectivity index (χ0n) is 18.4. The summed E-state index contributed by atoms with van der Waals surface area (Å²) >= 11 is 12.4. The smallest absolute Gasteiger partial charge is 0.178 e. The molecule has 3 aromatic rings. The number of hydrogen-bond donors (Lipinski definition) is 1. The van der Waals surface area contributed by atoms with Crippen LogP contribution in [0.4, 0.5) is 5.69 Å². The third-order valence-electron chi connectivity index (χ3n) is 5.69. The van der Waals surface area contributed by atoms with Crippen LogP contribution >= 0.6 is 23.2 Å². The molecule has 32 heavy (non-hydrogen) atoms. The minimum absolute atomic E-state index is 0.0354. The first kappa shape index (κ1) is 22.7. The van der Waals surface area contributed by atoms with Gasteiger partial charge in [0.1, 0.15) is 5.69 Å². The average Bonchev–Trinajstić information content (AvgIpc) is 3.21. The van der Waals surface area contributed by atoms with E-state index in [0.29, 0.717) is 40.1 Å². The van der Waals surface area contributed by atoms with Crippen molar-refractivity contribution in [3.63, 3.8) is 0 Å². The van der Waals surface area contributed by atoms with Gasteiger partial charge in [0.25, 0.3) is 0 Å². The van der Waals surface area contributed by atoms with Gasteiger partial charge in [0.15, 0.2) is 11.6 Å². The second-order valence-corrected chi connectivity index (χ2v) is 9.15. The maximum absolute atomic E-state index is 13.0. The van der Waals surface area contributed by atoms with E-state index in [4.69, 9.17) is 23.2 Å². The van der Waals surface area contributed by atoms with Crippen LogP contribution in [0.15, 0.2) is 30.5 Å². The van der Waals surface area contributed by atoms with Crippen LogP contribution in [0.3, 0.4) is 0 Å². The van der Waals surface area contributed by atoms with Crippen molar-refractivity contribution >= 4 is 34.7 Å². The fraction of sp³-hybridized carbons (Fsp3) is 0.391. The summed E-state index contributed by atoms with van der Waals surface area (Å²) in [5.41, 5.74) is 3.86. The Bertz CT molecular complexity index is 1090. The van der Waals surface area contributed by atoms with E-state index < -0.39 is 0 Å². The first-order valence-corrected chi connectivity index (χ1v) is 11.4. The van der Waals surface area contributed by atoms with Gasteiger partial charge in [0.05, 0.1) is 11.8 Å². The molecule has 9 heteroatoms. The summed E-state index contributed by atoms with van der Waals surface area (Å²) < 4.78 is 0. The fourth-order valence-electron chi connectivity index (χ4n) is 4.22. The molecule has 1 saturated heterocycles. The molecule has 1 N–H and O–H groups in total. The molecule has 2 aromatic heterocycles. The van der Waals surface area contributed by atoms with E-state index in [0.717, 1.165) is 36.7 Å². The Hall–Kier alpha value is -2.48. The molecular formula is C23H26Cl2N6O. The van der Waals surface area contributed by atoms with Crippen LogP contribution in [-0.4, -0.2) is 63.1 Å². The number of nitrogens with one attached hydrogen (secondary N) is 1. The molecule has 1 fully saturated rings. The number of ketones is 1. The number of carbonyl (C=O) groups is 1. The third kappa shape index (κ3) is 5.11. The third-order valence-corrected chi connectivity index (χ3v) is 6.13. The van der Waals surface area contributed by atoms with Crippen molar-refractivity contribution in [1.29, 1.82) is 0 Å². The topological polar surface area (TPSA) is 78.0 Å². The monoisotopic (exact) mass is 472 g/mol. The molecule has 0 spiro atoms. The normalized spacial score (nSPS) is 17.0. The zero-order chi connectivity index (χ0) is 22.8. The van der Waals surface area contributed by atoms with Gasteiger partial charge in [-0.25, -0.2) is 9.97 Å². The second kappa shape index (κ2) is 9.57. The number of piperazine rings is 1. The lowest BCUT2D eigenvalue weighted by molar-refractivity contribution is 0.0959. The average molecular weight is 473 g/mol. The second-order valence-electron chi connectivity index (χ2n) is 8.28. The van der Waals surface area contributed by atoms with E-state index >= 15 is 0 Å². The number of hydrogen-bond acceptors (Lipinski definition) is 6. The first-order chi connectivity index (χ1) is 15.3. The molecule has 4 rings (SSSR count). The summed E-state index contributed by atoms with van der Waals surface area (Å²) in [5.74, 6) is 0.541. The molecule has 0 amide bonds. The van der Waals surface area contributed by atoms with Crippen molar-refractivity contribution in [1.82, 2.24) is 25.1 Å². The molecule has 7 nitrogen and oxygen atoms in total.